The van der Waals surface area contributed by atoms with E-state index in [2.05, 4.69) is 6.92 Å². The molecule has 0 aromatic carbocycles. The van der Waals surface area contributed by atoms with Crippen LogP contribution in [-0.2, 0) is 13.3 Å². The molecule has 25 heavy (non-hydrogen) atoms. The highest BCUT2D eigenvalue weighted by molar-refractivity contribution is 6.60. The number of hydrogen-bond donors (Lipinski definition) is 2. The molecule has 0 spiro atoms. The standard InChI is InChI=1S/C19H44N2O3Si/c1-4-22-25(23-5-2,24-19(3)15-17-21)18-14-12-10-8-6-7-9-11-13-16-20/h19H,4-18,20-21H2,1-3H3. The van der Waals surface area contributed by atoms with Gasteiger partial charge in [0, 0.05) is 25.4 Å². The normalized spacial score (nSPS) is 13.3. The lowest BCUT2D eigenvalue weighted by Crippen LogP contribution is -2.48. The highest BCUT2D eigenvalue weighted by atomic mass is 28.4. The molecule has 4 N–H and O–H groups in total. The van der Waals surface area contributed by atoms with E-state index in [9.17, 15) is 0 Å². The SMILES string of the molecule is CCO[Si](CCCCCCCCCCCN)(OCC)OC(C)CCN. The minimum absolute atomic E-state index is 0.100. The molecule has 0 saturated heterocycles. The summed E-state index contributed by atoms with van der Waals surface area (Å²) in [5.41, 5.74) is 11.2. The molecule has 152 valence electrons. The van der Waals surface area contributed by atoms with Gasteiger partial charge in [0.25, 0.3) is 0 Å². The Morgan fingerprint density at radius 1 is 0.720 bits per heavy atom. The third-order valence-electron chi connectivity index (χ3n) is 4.37. The van der Waals surface area contributed by atoms with Crippen LogP contribution < -0.4 is 11.5 Å². The van der Waals surface area contributed by atoms with Gasteiger partial charge in [0.05, 0.1) is 0 Å². The van der Waals surface area contributed by atoms with E-state index in [4.69, 9.17) is 24.7 Å². The van der Waals surface area contributed by atoms with E-state index < -0.39 is 8.80 Å². The Hall–Kier alpha value is 0.0169. The fraction of sp³-hybridized carbons (Fsp3) is 1.00. The number of unbranched alkanes of at least 4 members (excludes halogenated alkanes) is 8. The average Bonchev–Trinajstić information content (AvgIpc) is 2.57. The Morgan fingerprint density at radius 3 is 1.64 bits per heavy atom. The number of nitrogens with two attached hydrogens (primary N) is 2. The third-order valence-corrected chi connectivity index (χ3v) is 7.55. The van der Waals surface area contributed by atoms with E-state index in [0.29, 0.717) is 19.8 Å². The van der Waals surface area contributed by atoms with Gasteiger partial charge in [-0.1, -0.05) is 44.9 Å². The smallest absolute Gasteiger partial charge is 0.374 e. The first-order valence-corrected chi connectivity index (χ1v) is 12.4. The zero-order valence-electron chi connectivity index (χ0n) is 17.1. The van der Waals surface area contributed by atoms with Gasteiger partial charge in [-0.2, -0.15) is 0 Å². The molecule has 6 heteroatoms. The second-order valence-corrected chi connectivity index (χ2v) is 9.45. The Morgan fingerprint density at radius 2 is 1.20 bits per heavy atom. The zero-order chi connectivity index (χ0) is 18.8. The van der Waals surface area contributed by atoms with Crippen LogP contribution in [0.5, 0.6) is 0 Å². The molecule has 0 heterocycles. The summed E-state index contributed by atoms with van der Waals surface area (Å²) in [6, 6.07) is 0.917. The van der Waals surface area contributed by atoms with Crippen LogP contribution in [0.1, 0.15) is 85.0 Å². The molecule has 1 atom stereocenters. The topological polar surface area (TPSA) is 79.7 Å². The maximum atomic E-state index is 6.25. The molecule has 0 radical (unpaired) electrons. The van der Waals surface area contributed by atoms with E-state index in [1.54, 1.807) is 0 Å². The molecule has 0 aromatic heterocycles. The van der Waals surface area contributed by atoms with Gasteiger partial charge in [0.2, 0.25) is 0 Å². The highest BCUT2D eigenvalue weighted by Crippen LogP contribution is 2.23. The van der Waals surface area contributed by atoms with Crippen molar-refractivity contribution in [3.8, 4) is 0 Å². The third kappa shape index (κ3) is 13.8. The molecular weight excluding hydrogens is 332 g/mol. The summed E-state index contributed by atoms with van der Waals surface area (Å²) in [6.07, 6.45) is 12.4. The predicted octanol–water partition coefficient (Wildman–Crippen LogP) is 4.22. The van der Waals surface area contributed by atoms with Crippen molar-refractivity contribution < 1.29 is 13.3 Å². The van der Waals surface area contributed by atoms with Crippen LogP contribution in [0.2, 0.25) is 6.04 Å². The lowest BCUT2D eigenvalue weighted by atomic mass is 10.1. The van der Waals surface area contributed by atoms with Crippen LogP contribution in [0, 0.1) is 0 Å². The van der Waals surface area contributed by atoms with Gasteiger partial charge in [0.15, 0.2) is 0 Å². The minimum atomic E-state index is -2.55. The van der Waals surface area contributed by atoms with Crippen molar-refractivity contribution in [1.82, 2.24) is 0 Å². The first-order valence-electron chi connectivity index (χ1n) is 10.5. The zero-order valence-corrected chi connectivity index (χ0v) is 18.1. The Bertz CT molecular complexity index is 277. The van der Waals surface area contributed by atoms with E-state index >= 15 is 0 Å². The van der Waals surface area contributed by atoms with Crippen LogP contribution in [0.4, 0.5) is 0 Å². The molecule has 1 unspecified atom stereocenters. The van der Waals surface area contributed by atoms with Crippen molar-refractivity contribution in [2.24, 2.45) is 11.5 Å². The van der Waals surface area contributed by atoms with Crippen molar-refractivity contribution in [3.05, 3.63) is 0 Å². The van der Waals surface area contributed by atoms with Gasteiger partial charge in [0.1, 0.15) is 0 Å². The van der Waals surface area contributed by atoms with Gasteiger partial charge in [-0.05, 0) is 53.1 Å². The number of hydrogen-bond acceptors (Lipinski definition) is 5. The molecule has 0 amide bonds. The first kappa shape index (κ1) is 25.0. The monoisotopic (exact) mass is 376 g/mol. The molecule has 0 fully saturated rings. The van der Waals surface area contributed by atoms with Crippen LogP contribution in [-0.4, -0.2) is 41.2 Å². The first-order chi connectivity index (χ1) is 12.1. The van der Waals surface area contributed by atoms with Gasteiger partial charge in [-0.3, -0.25) is 0 Å². The quantitative estimate of drug-likeness (QED) is 0.260. The molecule has 0 saturated carbocycles. The number of rotatable bonds is 19. The lowest BCUT2D eigenvalue weighted by Gasteiger charge is -2.31. The van der Waals surface area contributed by atoms with Crippen LogP contribution in [0.15, 0.2) is 0 Å². The van der Waals surface area contributed by atoms with Crippen molar-refractivity contribution in [3.63, 3.8) is 0 Å². The Kier molecular flexibility index (Phi) is 17.4. The van der Waals surface area contributed by atoms with Crippen molar-refractivity contribution >= 4 is 8.80 Å². The summed E-state index contributed by atoms with van der Waals surface area (Å²) in [5, 5.41) is 0. The van der Waals surface area contributed by atoms with E-state index in [-0.39, 0.29) is 6.10 Å². The maximum Gasteiger partial charge on any atom is 0.501 e. The molecular formula is C19H44N2O3Si. The van der Waals surface area contributed by atoms with Gasteiger partial charge in [-0.25, -0.2) is 0 Å². The largest absolute Gasteiger partial charge is 0.501 e. The van der Waals surface area contributed by atoms with Crippen LogP contribution in [0.3, 0.4) is 0 Å². The molecule has 5 nitrogen and oxygen atoms in total. The van der Waals surface area contributed by atoms with Crippen molar-refractivity contribution in [1.29, 1.82) is 0 Å². The fourth-order valence-corrected chi connectivity index (χ4v) is 6.00. The average molecular weight is 377 g/mol. The van der Waals surface area contributed by atoms with Crippen molar-refractivity contribution in [2.75, 3.05) is 26.3 Å². The van der Waals surface area contributed by atoms with Crippen molar-refractivity contribution in [2.45, 2.75) is 97.1 Å². The summed E-state index contributed by atoms with van der Waals surface area (Å²) >= 11 is 0. The fourth-order valence-electron chi connectivity index (χ4n) is 3.08. The predicted molar refractivity (Wildman–Crippen MR) is 109 cm³/mol. The van der Waals surface area contributed by atoms with Gasteiger partial charge in [-0.15, -0.1) is 0 Å². The van der Waals surface area contributed by atoms with Crippen LogP contribution in [0.25, 0.3) is 0 Å². The Labute approximate surface area is 157 Å². The molecule has 0 rings (SSSR count). The second-order valence-electron chi connectivity index (χ2n) is 6.78. The molecule has 0 aliphatic heterocycles. The Balaban J connectivity index is 4.04. The summed E-state index contributed by atoms with van der Waals surface area (Å²) in [6.45, 7) is 8.85. The summed E-state index contributed by atoms with van der Waals surface area (Å²) < 4.78 is 18.3. The van der Waals surface area contributed by atoms with Crippen LogP contribution >= 0.6 is 0 Å². The van der Waals surface area contributed by atoms with E-state index in [1.807, 2.05) is 13.8 Å². The molecule has 0 aliphatic carbocycles. The molecule has 0 bridgehead atoms. The summed E-state index contributed by atoms with van der Waals surface area (Å²) in [4.78, 5) is 0. The minimum Gasteiger partial charge on any atom is -0.374 e. The molecule has 0 aliphatic rings. The highest BCUT2D eigenvalue weighted by Gasteiger charge is 2.41. The van der Waals surface area contributed by atoms with E-state index in [1.165, 1.54) is 51.4 Å². The summed E-state index contributed by atoms with van der Waals surface area (Å²) in [7, 11) is -2.55. The van der Waals surface area contributed by atoms with E-state index in [0.717, 1.165) is 25.4 Å². The maximum absolute atomic E-state index is 6.25. The van der Waals surface area contributed by atoms with Gasteiger partial charge >= 0.3 is 8.80 Å². The second kappa shape index (κ2) is 17.4. The molecule has 0 aromatic rings. The lowest BCUT2D eigenvalue weighted by molar-refractivity contribution is 0.0359. The van der Waals surface area contributed by atoms with Gasteiger partial charge < -0.3 is 24.7 Å². The summed E-state index contributed by atoms with van der Waals surface area (Å²) in [5.74, 6) is 0.